The van der Waals surface area contributed by atoms with Crippen LogP contribution in [0.25, 0.3) is 67.6 Å². The molecule has 272 valence electrons. The second-order valence-electron chi connectivity index (χ2n) is 14.9. The van der Waals surface area contributed by atoms with Gasteiger partial charge in [-0.3, -0.25) is 9.98 Å². The molecule has 0 amide bonds. The molecule has 0 saturated heterocycles. The Morgan fingerprint density at radius 1 is 0.632 bits per heavy atom. The van der Waals surface area contributed by atoms with Gasteiger partial charge in [-0.05, 0) is 116 Å². The van der Waals surface area contributed by atoms with Gasteiger partial charge in [0.25, 0.3) is 0 Å². The minimum Gasteiger partial charge on any atom is -0.381 e. The van der Waals surface area contributed by atoms with E-state index >= 15 is 0 Å². The maximum atomic E-state index is 5.36. The van der Waals surface area contributed by atoms with Crippen LogP contribution in [0.5, 0.6) is 0 Å². The van der Waals surface area contributed by atoms with E-state index in [1.165, 1.54) is 55.3 Å². The van der Waals surface area contributed by atoms with Crippen molar-refractivity contribution in [1.29, 1.82) is 0 Å². The van der Waals surface area contributed by atoms with Crippen LogP contribution in [0.4, 0.5) is 5.69 Å². The van der Waals surface area contributed by atoms with E-state index < -0.39 is 0 Å². The van der Waals surface area contributed by atoms with Gasteiger partial charge in [0.15, 0.2) is 0 Å². The first kappa shape index (κ1) is 34.4. The van der Waals surface area contributed by atoms with Crippen molar-refractivity contribution in [1.82, 2.24) is 0 Å². The Morgan fingerprint density at radius 3 is 2.23 bits per heavy atom. The minimum atomic E-state index is 0.531. The molecule has 0 bridgehead atoms. The zero-order valence-electron chi connectivity index (χ0n) is 31.8. The predicted molar refractivity (Wildman–Crippen MR) is 244 cm³/mol. The molecular formula is C54H41N3. The molecule has 3 nitrogen and oxygen atoms in total. The van der Waals surface area contributed by atoms with Gasteiger partial charge in [0.1, 0.15) is 0 Å². The molecule has 0 fully saturated rings. The van der Waals surface area contributed by atoms with Gasteiger partial charge in [0.05, 0.1) is 18.0 Å². The third-order valence-electron chi connectivity index (χ3n) is 11.5. The first-order chi connectivity index (χ1) is 28.2. The average molecular weight is 732 g/mol. The van der Waals surface area contributed by atoms with Crippen LogP contribution < -0.4 is 5.32 Å². The fraction of sp³-hybridized carbons (Fsp3) is 0.0741. The maximum Gasteiger partial charge on any atom is 0.0716 e. The molecule has 0 atom stereocenters. The first-order valence-electron chi connectivity index (χ1n) is 19.8. The van der Waals surface area contributed by atoms with Crippen LogP contribution in [0.3, 0.4) is 0 Å². The molecule has 0 saturated carbocycles. The average Bonchev–Trinajstić information content (AvgIpc) is 3.28. The van der Waals surface area contributed by atoms with Crippen molar-refractivity contribution in [2.45, 2.75) is 19.4 Å². The number of nitrogens with one attached hydrogen (secondary N) is 1. The number of nitrogens with zero attached hydrogens (tertiary/aromatic N) is 2. The summed E-state index contributed by atoms with van der Waals surface area (Å²) in [5.41, 5.74) is 19.7. The van der Waals surface area contributed by atoms with Gasteiger partial charge >= 0.3 is 0 Å². The third-order valence-corrected chi connectivity index (χ3v) is 11.5. The third kappa shape index (κ3) is 6.58. The molecule has 2 aliphatic carbocycles. The van der Waals surface area contributed by atoms with Crippen molar-refractivity contribution >= 4 is 52.3 Å². The van der Waals surface area contributed by atoms with E-state index in [1.807, 2.05) is 12.1 Å². The summed E-state index contributed by atoms with van der Waals surface area (Å²) in [6.45, 7) is 5.38. The van der Waals surface area contributed by atoms with E-state index in [4.69, 9.17) is 4.99 Å². The van der Waals surface area contributed by atoms with E-state index in [2.05, 4.69) is 187 Å². The topological polar surface area (TPSA) is 36.8 Å². The van der Waals surface area contributed by atoms with Gasteiger partial charge in [-0.2, -0.15) is 0 Å². The predicted octanol–water partition coefficient (Wildman–Crippen LogP) is 13.4. The van der Waals surface area contributed by atoms with Crippen LogP contribution in [0.15, 0.2) is 180 Å². The molecule has 1 heterocycles. The summed E-state index contributed by atoms with van der Waals surface area (Å²) in [6, 6.07) is 52.3. The number of hydrogen-bond acceptors (Lipinski definition) is 3. The largest absolute Gasteiger partial charge is 0.381 e. The Morgan fingerprint density at radius 2 is 1.40 bits per heavy atom. The Hall–Kier alpha value is -7.10. The van der Waals surface area contributed by atoms with Gasteiger partial charge < -0.3 is 5.32 Å². The number of rotatable bonds is 9. The lowest BCUT2D eigenvalue weighted by Gasteiger charge is -2.25. The molecule has 0 spiro atoms. The summed E-state index contributed by atoms with van der Waals surface area (Å²) in [5, 5.41) is 6.36. The number of fused-ring (bicyclic) bond motifs is 1. The summed E-state index contributed by atoms with van der Waals surface area (Å²) < 4.78 is 0. The zero-order valence-corrected chi connectivity index (χ0v) is 31.8. The molecule has 7 aromatic carbocycles. The highest BCUT2D eigenvalue weighted by molar-refractivity contribution is 6.15. The molecule has 0 aromatic heterocycles. The quantitative estimate of drug-likeness (QED) is 0.147. The second-order valence-corrected chi connectivity index (χ2v) is 14.9. The van der Waals surface area contributed by atoms with Crippen molar-refractivity contribution in [3.8, 4) is 33.4 Å². The fourth-order valence-corrected chi connectivity index (χ4v) is 8.65. The van der Waals surface area contributed by atoms with Gasteiger partial charge in [0.2, 0.25) is 0 Å². The molecule has 57 heavy (non-hydrogen) atoms. The van der Waals surface area contributed by atoms with E-state index in [0.717, 1.165) is 69.9 Å². The first-order valence-corrected chi connectivity index (χ1v) is 19.8. The normalized spacial score (nSPS) is 14.2. The van der Waals surface area contributed by atoms with Crippen LogP contribution in [0.2, 0.25) is 0 Å². The zero-order chi connectivity index (χ0) is 38.1. The molecule has 7 aromatic rings. The molecule has 1 N–H and O–H groups in total. The standard InChI is InChI=1S/C54H41N3/c1-55-50(39-22-20-38(21-23-39)37-13-6-3-7-14-37)34-51(57-35-36-11-4-2-5-12-36)46-32-44(31-45(33-46)48-19-9-17-43-18-10-30-56-54(43)48)47-28-26-42-25-24-40-15-8-16-41-27-29-49(47)53(42)52(40)41/h2-14,16-24,26-29,31-34,56H,1,15,25,30,35H2/b50-34-,57-51?. The highest BCUT2D eigenvalue weighted by atomic mass is 14.9. The Labute approximate surface area is 334 Å². The second kappa shape index (κ2) is 14.9. The molecule has 3 aliphatic rings. The summed E-state index contributed by atoms with van der Waals surface area (Å²) in [4.78, 5) is 9.97. The van der Waals surface area contributed by atoms with E-state index in [9.17, 15) is 0 Å². The SMILES string of the molecule is C=N/C(=C\C(=NCc1ccccc1)c1cc(-c2cccc3c2NCC=C3)cc(-c2ccc3c4c5c(ccc24)C=CCC5=CC3)c1)c1ccc(-c2ccccc2)cc1. The summed E-state index contributed by atoms with van der Waals surface area (Å²) in [5.74, 6) is 0. The number of para-hydroxylation sites is 1. The number of aliphatic imine (C=N–C) groups is 2. The number of benzene rings is 7. The van der Waals surface area contributed by atoms with Crippen LogP contribution in [0, 0.1) is 0 Å². The summed E-state index contributed by atoms with van der Waals surface area (Å²) in [7, 11) is 0. The fourth-order valence-electron chi connectivity index (χ4n) is 8.65. The molecule has 0 radical (unpaired) electrons. The van der Waals surface area contributed by atoms with Crippen molar-refractivity contribution in [3.63, 3.8) is 0 Å². The Kier molecular flexibility index (Phi) is 8.97. The van der Waals surface area contributed by atoms with Crippen LogP contribution >= 0.6 is 0 Å². The molecule has 0 unspecified atom stereocenters. The van der Waals surface area contributed by atoms with Gasteiger partial charge in [-0.25, -0.2) is 0 Å². The van der Waals surface area contributed by atoms with E-state index in [1.54, 1.807) is 0 Å². The number of hydrogen-bond donors (Lipinski definition) is 1. The Bertz CT molecular complexity index is 2850. The van der Waals surface area contributed by atoms with E-state index in [-0.39, 0.29) is 0 Å². The van der Waals surface area contributed by atoms with Crippen LogP contribution in [0.1, 0.15) is 45.4 Å². The van der Waals surface area contributed by atoms with Gasteiger partial charge in [-0.1, -0.05) is 158 Å². The Balaban J connectivity index is 1.17. The number of allylic oxidation sites excluding steroid dienone is 4. The summed E-state index contributed by atoms with van der Waals surface area (Å²) in [6.07, 6.45) is 15.5. The van der Waals surface area contributed by atoms with Crippen LogP contribution in [-0.2, 0) is 13.0 Å². The number of anilines is 1. The highest BCUT2D eigenvalue weighted by Crippen LogP contribution is 2.44. The van der Waals surface area contributed by atoms with Crippen molar-refractivity contribution in [2.24, 2.45) is 9.98 Å². The molecular weight excluding hydrogens is 691 g/mol. The van der Waals surface area contributed by atoms with Crippen molar-refractivity contribution in [3.05, 3.63) is 209 Å². The van der Waals surface area contributed by atoms with E-state index in [0.29, 0.717) is 6.54 Å². The van der Waals surface area contributed by atoms with Crippen molar-refractivity contribution < 1.29 is 0 Å². The highest BCUT2D eigenvalue weighted by Gasteiger charge is 2.22. The van der Waals surface area contributed by atoms with Crippen molar-refractivity contribution in [2.75, 3.05) is 11.9 Å². The van der Waals surface area contributed by atoms with Crippen LogP contribution in [-0.4, -0.2) is 19.0 Å². The lowest BCUT2D eigenvalue weighted by molar-refractivity contribution is 1.07. The lowest BCUT2D eigenvalue weighted by Crippen LogP contribution is -2.07. The summed E-state index contributed by atoms with van der Waals surface area (Å²) >= 11 is 0. The lowest BCUT2D eigenvalue weighted by atomic mass is 9.79. The smallest absolute Gasteiger partial charge is 0.0716 e. The molecule has 1 aliphatic heterocycles. The molecule has 10 rings (SSSR count). The maximum absolute atomic E-state index is 5.36. The van der Waals surface area contributed by atoms with Gasteiger partial charge in [-0.15, -0.1) is 0 Å². The molecule has 3 heteroatoms. The monoisotopic (exact) mass is 731 g/mol. The van der Waals surface area contributed by atoms with Gasteiger partial charge in [0, 0.05) is 28.9 Å². The minimum absolute atomic E-state index is 0.531.